The Morgan fingerprint density at radius 2 is 2.27 bits per heavy atom. The van der Waals surface area contributed by atoms with E-state index in [0.29, 0.717) is 0 Å². The summed E-state index contributed by atoms with van der Waals surface area (Å²) < 4.78 is 4.74. The highest BCUT2D eigenvalue weighted by molar-refractivity contribution is 7.09. The average Bonchev–Trinajstić information content (AvgIpc) is 2.59. The maximum atomic E-state index is 11.5. The highest BCUT2D eigenvalue weighted by Gasteiger charge is 2.24. The number of hydrogen-bond donors (Lipinski definition) is 1. The van der Waals surface area contributed by atoms with Crippen molar-refractivity contribution in [2.75, 3.05) is 7.11 Å². The SMILES string of the molecule is COC(=O)C(NC(C)C)c1csc(C)n1. The predicted molar refractivity (Wildman–Crippen MR) is 59.9 cm³/mol. The lowest BCUT2D eigenvalue weighted by Crippen LogP contribution is -2.34. The first kappa shape index (κ1) is 12.1. The largest absolute Gasteiger partial charge is 0.468 e. The van der Waals surface area contributed by atoms with Crippen molar-refractivity contribution < 1.29 is 9.53 Å². The molecule has 1 aromatic rings. The molecule has 0 saturated heterocycles. The monoisotopic (exact) mass is 228 g/mol. The van der Waals surface area contributed by atoms with E-state index in [9.17, 15) is 4.79 Å². The summed E-state index contributed by atoms with van der Waals surface area (Å²) in [6.07, 6.45) is 0. The van der Waals surface area contributed by atoms with Gasteiger partial charge in [-0.25, -0.2) is 9.78 Å². The average molecular weight is 228 g/mol. The molecule has 0 radical (unpaired) electrons. The maximum Gasteiger partial charge on any atom is 0.329 e. The zero-order valence-electron chi connectivity index (χ0n) is 9.40. The van der Waals surface area contributed by atoms with Crippen LogP contribution in [0, 0.1) is 6.92 Å². The van der Waals surface area contributed by atoms with E-state index in [1.165, 1.54) is 18.4 Å². The van der Waals surface area contributed by atoms with Gasteiger partial charge in [0.15, 0.2) is 0 Å². The van der Waals surface area contributed by atoms with E-state index in [-0.39, 0.29) is 12.0 Å². The van der Waals surface area contributed by atoms with E-state index in [2.05, 4.69) is 10.3 Å². The summed E-state index contributed by atoms with van der Waals surface area (Å²) in [7, 11) is 1.39. The highest BCUT2D eigenvalue weighted by Crippen LogP contribution is 2.18. The second-order valence-electron chi connectivity index (χ2n) is 3.57. The third-order valence-electron chi connectivity index (χ3n) is 1.87. The summed E-state index contributed by atoms with van der Waals surface area (Å²) in [5, 5.41) is 5.96. The Kier molecular flexibility index (Phi) is 4.23. The van der Waals surface area contributed by atoms with E-state index in [1.807, 2.05) is 26.2 Å². The molecule has 0 fully saturated rings. The number of nitrogens with one attached hydrogen (secondary N) is 1. The summed E-state index contributed by atoms with van der Waals surface area (Å²) in [4.78, 5) is 15.8. The van der Waals surface area contributed by atoms with Crippen molar-refractivity contribution in [3.05, 3.63) is 16.1 Å². The van der Waals surface area contributed by atoms with Gasteiger partial charge in [0.05, 0.1) is 17.8 Å². The van der Waals surface area contributed by atoms with Crippen LogP contribution in [0.4, 0.5) is 0 Å². The van der Waals surface area contributed by atoms with Crippen molar-refractivity contribution in [3.63, 3.8) is 0 Å². The Hall–Kier alpha value is -0.940. The summed E-state index contributed by atoms with van der Waals surface area (Å²) in [5.74, 6) is -0.297. The molecule has 0 aliphatic heterocycles. The van der Waals surface area contributed by atoms with Crippen LogP contribution in [0.15, 0.2) is 5.38 Å². The summed E-state index contributed by atoms with van der Waals surface area (Å²) in [5.41, 5.74) is 0.734. The number of hydrogen-bond acceptors (Lipinski definition) is 5. The molecular formula is C10H16N2O2S. The van der Waals surface area contributed by atoms with Crippen LogP contribution < -0.4 is 5.32 Å². The zero-order valence-corrected chi connectivity index (χ0v) is 10.2. The lowest BCUT2D eigenvalue weighted by molar-refractivity contribution is -0.143. The third kappa shape index (κ3) is 3.28. The lowest BCUT2D eigenvalue weighted by Gasteiger charge is -2.16. The van der Waals surface area contributed by atoms with Crippen LogP contribution in [0.25, 0.3) is 0 Å². The van der Waals surface area contributed by atoms with Gasteiger partial charge in [-0.1, -0.05) is 0 Å². The number of thiazole rings is 1. The maximum absolute atomic E-state index is 11.5. The van der Waals surface area contributed by atoms with E-state index >= 15 is 0 Å². The molecule has 4 nitrogen and oxygen atoms in total. The van der Waals surface area contributed by atoms with Crippen molar-refractivity contribution >= 4 is 17.3 Å². The number of carbonyl (C=O) groups excluding carboxylic acids is 1. The lowest BCUT2D eigenvalue weighted by atomic mass is 10.2. The molecule has 0 aliphatic rings. The van der Waals surface area contributed by atoms with Crippen molar-refractivity contribution in [1.82, 2.24) is 10.3 Å². The summed E-state index contributed by atoms with van der Waals surface area (Å²) in [6.45, 7) is 5.88. The number of esters is 1. The van der Waals surface area contributed by atoms with E-state index in [0.717, 1.165) is 10.7 Å². The minimum Gasteiger partial charge on any atom is -0.468 e. The van der Waals surface area contributed by atoms with Crippen LogP contribution >= 0.6 is 11.3 Å². The number of carbonyl (C=O) groups is 1. The van der Waals surface area contributed by atoms with Gasteiger partial charge < -0.3 is 4.74 Å². The van der Waals surface area contributed by atoms with Gasteiger partial charge in [0, 0.05) is 11.4 Å². The number of nitrogens with zero attached hydrogens (tertiary/aromatic N) is 1. The molecule has 0 aliphatic carbocycles. The molecule has 15 heavy (non-hydrogen) atoms. The van der Waals surface area contributed by atoms with Crippen LogP contribution in [0.5, 0.6) is 0 Å². The molecule has 1 N–H and O–H groups in total. The van der Waals surface area contributed by atoms with Crippen LogP contribution in [0.2, 0.25) is 0 Å². The van der Waals surface area contributed by atoms with Crippen molar-refractivity contribution in [3.8, 4) is 0 Å². The Morgan fingerprint density at radius 1 is 1.60 bits per heavy atom. The van der Waals surface area contributed by atoms with Gasteiger partial charge in [0.2, 0.25) is 0 Å². The van der Waals surface area contributed by atoms with Crippen LogP contribution in [0.1, 0.15) is 30.6 Å². The number of ether oxygens (including phenoxy) is 1. The van der Waals surface area contributed by atoms with Gasteiger partial charge in [-0.3, -0.25) is 5.32 Å². The van der Waals surface area contributed by atoms with Crippen LogP contribution in [-0.4, -0.2) is 24.1 Å². The van der Waals surface area contributed by atoms with E-state index in [4.69, 9.17) is 4.74 Å². The zero-order chi connectivity index (χ0) is 11.4. The van der Waals surface area contributed by atoms with Crippen molar-refractivity contribution in [2.24, 2.45) is 0 Å². The fourth-order valence-corrected chi connectivity index (χ4v) is 1.88. The minimum atomic E-state index is -0.458. The molecule has 0 amide bonds. The highest BCUT2D eigenvalue weighted by atomic mass is 32.1. The second kappa shape index (κ2) is 5.23. The topological polar surface area (TPSA) is 51.2 Å². The Labute approximate surface area is 93.7 Å². The third-order valence-corrected chi connectivity index (χ3v) is 2.66. The number of rotatable bonds is 4. The Bertz CT molecular complexity index is 336. The molecule has 0 spiro atoms. The molecule has 0 aromatic carbocycles. The fourth-order valence-electron chi connectivity index (χ4n) is 1.24. The summed E-state index contributed by atoms with van der Waals surface area (Å²) >= 11 is 1.53. The number of aromatic nitrogens is 1. The molecular weight excluding hydrogens is 212 g/mol. The molecule has 1 atom stereocenters. The molecule has 1 aromatic heterocycles. The minimum absolute atomic E-state index is 0.205. The molecule has 5 heteroatoms. The second-order valence-corrected chi connectivity index (χ2v) is 4.63. The van der Waals surface area contributed by atoms with E-state index in [1.54, 1.807) is 0 Å². The normalized spacial score (nSPS) is 12.9. The quantitative estimate of drug-likeness (QED) is 0.796. The number of aryl methyl sites for hydroxylation is 1. The molecule has 0 bridgehead atoms. The van der Waals surface area contributed by atoms with Crippen molar-refractivity contribution in [1.29, 1.82) is 0 Å². The number of methoxy groups -OCH3 is 1. The first-order chi connectivity index (χ1) is 7.04. The molecule has 1 heterocycles. The first-order valence-electron chi connectivity index (χ1n) is 4.80. The van der Waals surface area contributed by atoms with Gasteiger partial charge >= 0.3 is 5.97 Å². The van der Waals surface area contributed by atoms with Gasteiger partial charge in [0.25, 0.3) is 0 Å². The molecule has 1 unspecified atom stereocenters. The predicted octanol–water partition coefficient (Wildman–Crippen LogP) is 1.66. The molecule has 1 rings (SSSR count). The fraction of sp³-hybridized carbons (Fsp3) is 0.600. The van der Waals surface area contributed by atoms with Gasteiger partial charge in [-0.2, -0.15) is 0 Å². The van der Waals surface area contributed by atoms with Gasteiger partial charge in [-0.05, 0) is 20.8 Å². The van der Waals surface area contributed by atoms with E-state index < -0.39 is 6.04 Å². The molecule has 84 valence electrons. The molecule has 0 saturated carbocycles. The standard InChI is InChI=1S/C10H16N2O2S/c1-6(2)11-9(10(13)14-4)8-5-15-7(3)12-8/h5-6,9,11H,1-4H3. The van der Waals surface area contributed by atoms with Crippen molar-refractivity contribution in [2.45, 2.75) is 32.9 Å². The smallest absolute Gasteiger partial charge is 0.329 e. The van der Waals surface area contributed by atoms with Crippen LogP contribution in [0.3, 0.4) is 0 Å². The van der Waals surface area contributed by atoms with Gasteiger partial charge in [0.1, 0.15) is 6.04 Å². The van der Waals surface area contributed by atoms with Gasteiger partial charge in [-0.15, -0.1) is 11.3 Å². The first-order valence-corrected chi connectivity index (χ1v) is 5.68. The van der Waals surface area contributed by atoms with Crippen LogP contribution in [-0.2, 0) is 9.53 Å². The summed E-state index contributed by atoms with van der Waals surface area (Å²) in [6, 6.07) is -0.254. The Balaban J connectivity index is 2.85. The Morgan fingerprint density at radius 3 is 2.67 bits per heavy atom.